The highest BCUT2D eigenvalue weighted by Gasteiger charge is 2.52. The molecule has 1 heterocycles. The van der Waals surface area contributed by atoms with Gasteiger partial charge in [0.05, 0.1) is 0 Å². The number of carbonyl (C=O) groups excluding carboxylic acids is 2. The Kier molecular flexibility index (Phi) is 5.73. The Labute approximate surface area is 108 Å². The topological polar surface area (TPSA) is 62.8 Å². The molecule has 1 aliphatic carbocycles. The van der Waals surface area contributed by atoms with E-state index in [1.54, 1.807) is 5.32 Å². The van der Waals surface area contributed by atoms with Crippen LogP contribution in [0.5, 0.6) is 0 Å². The molecule has 1 saturated carbocycles. The van der Waals surface area contributed by atoms with Crippen molar-refractivity contribution in [2.24, 2.45) is 5.92 Å². The first-order chi connectivity index (χ1) is 6.63. The minimum Gasteiger partial charge on any atom is -1.00 e. The number of nitrogens with two attached hydrogens (primary N) is 1. The molecule has 2 rings (SSSR count). The lowest BCUT2D eigenvalue weighted by molar-refractivity contribution is -0.618. The summed E-state index contributed by atoms with van der Waals surface area (Å²) in [6, 6.07) is -0.219. The van der Waals surface area contributed by atoms with E-state index >= 15 is 0 Å². The summed E-state index contributed by atoms with van der Waals surface area (Å²) in [7, 11) is 0. The van der Waals surface area contributed by atoms with Crippen LogP contribution in [0.25, 0.3) is 0 Å². The van der Waals surface area contributed by atoms with Crippen LogP contribution in [0.2, 0.25) is 0 Å². The first-order valence-electron chi connectivity index (χ1n) is 5.34. The lowest BCUT2D eigenvalue weighted by Crippen LogP contribution is -3.00. The van der Waals surface area contributed by atoms with Gasteiger partial charge in [0.25, 0.3) is 5.91 Å². The molecule has 0 bridgehead atoms. The molecule has 1 aliphatic heterocycles. The fourth-order valence-corrected chi connectivity index (χ4v) is 2.63. The molecule has 3 amide bonds. The van der Waals surface area contributed by atoms with E-state index in [0.29, 0.717) is 5.92 Å². The second-order valence-electron chi connectivity index (χ2n) is 4.58. The predicted octanol–water partition coefficient (Wildman–Crippen LogP) is -5.85. The van der Waals surface area contributed by atoms with Crippen molar-refractivity contribution in [3.63, 3.8) is 0 Å². The molecule has 94 valence electrons. The minimum absolute atomic E-state index is 0. The van der Waals surface area contributed by atoms with Crippen LogP contribution in [0, 0.1) is 5.92 Å². The zero-order chi connectivity index (χ0) is 10.2. The molecule has 1 saturated heterocycles. The number of hydrogen-bond donors (Lipinski definition) is 2. The number of nitrogens with one attached hydrogen (secondary N) is 1. The van der Waals surface area contributed by atoms with Gasteiger partial charge in [-0.2, -0.15) is 0 Å². The normalized spacial score (nSPS) is 30.3. The highest BCUT2D eigenvalue weighted by atomic mass is 35.5. The Morgan fingerprint density at radius 2 is 1.75 bits per heavy atom. The van der Waals surface area contributed by atoms with E-state index in [4.69, 9.17) is 0 Å². The first-order valence-corrected chi connectivity index (χ1v) is 5.34. The van der Waals surface area contributed by atoms with Gasteiger partial charge in [0.1, 0.15) is 0 Å². The van der Waals surface area contributed by atoms with Gasteiger partial charge in [-0.1, -0.05) is 19.3 Å². The molecule has 0 aromatic carbocycles. The van der Waals surface area contributed by atoms with Crippen LogP contribution >= 0.6 is 0 Å². The van der Waals surface area contributed by atoms with E-state index in [2.05, 4.69) is 5.32 Å². The van der Waals surface area contributed by atoms with Gasteiger partial charge in [0.15, 0.2) is 5.54 Å². The van der Waals surface area contributed by atoms with E-state index < -0.39 is 5.54 Å². The molecule has 1 atom stereocenters. The third kappa shape index (κ3) is 2.67. The summed E-state index contributed by atoms with van der Waals surface area (Å²) in [5.41, 5.74) is -0.530. The molecule has 2 fully saturated rings. The number of halogens is 2. The number of imide groups is 1. The molecule has 0 spiro atoms. The number of rotatable bonds is 1. The molecule has 6 heteroatoms. The van der Waals surface area contributed by atoms with Crippen molar-refractivity contribution in [1.29, 1.82) is 0 Å². The second-order valence-corrected chi connectivity index (χ2v) is 4.58. The number of primary amides is 1. The molecule has 1 unspecified atom stereocenters. The zero-order valence-corrected chi connectivity index (χ0v) is 10.8. The molecule has 0 aromatic heterocycles. The minimum atomic E-state index is -0.530. The maximum Gasteiger partial charge on any atom is 0.420 e. The van der Waals surface area contributed by atoms with Crippen molar-refractivity contribution in [3.8, 4) is 0 Å². The van der Waals surface area contributed by atoms with Crippen LogP contribution in [0.4, 0.5) is 4.79 Å². The highest BCUT2D eigenvalue weighted by Crippen LogP contribution is 2.31. The quantitative estimate of drug-likeness (QED) is 0.465. The van der Waals surface area contributed by atoms with E-state index in [1.807, 2.05) is 6.92 Å². The number of hydrogen-bond acceptors (Lipinski definition) is 2. The maximum absolute atomic E-state index is 11.6. The van der Waals surface area contributed by atoms with Crippen molar-refractivity contribution >= 4 is 11.9 Å². The molecule has 0 radical (unpaired) electrons. The monoisotopic (exact) mass is 267 g/mol. The molecular formula is C10H17Cl2N2O2-. The van der Waals surface area contributed by atoms with Gasteiger partial charge in [0.2, 0.25) is 0 Å². The zero-order valence-electron chi connectivity index (χ0n) is 9.26. The van der Waals surface area contributed by atoms with Gasteiger partial charge in [-0.25, -0.2) is 15.4 Å². The Bertz CT molecular complexity index is 280. The fraction of sp³-hybridized carbons (Fsp3) is 0.800. The van der Waals surface area contributed by atoms with Crippen molar-refractivity contribution in [2.45, 2.75) is 44.6 Å². The third-order valence-electron chi connectivity index (χ3n) is 3.61. The van der Waals surface area contributed by atoms with Crippen LogP contribution in [-0.4, -0.2) is 17.5 Å². The number of carbonyl (C=O) groups is 2. The smallest absolute Gasteiger partial charge is 0.420 e. The van der Waals surface area contributed by atoms with Crippen LogP contribution in [0.15, 0.2) is 0 Å². The molecular weight excluding hydrogens is 251 g/mol. The maximum atomic E-state index is 11.6. The lowest BCUT2D eigenvalue weighted by Gasteiger charge is -2.30. The summed E-state index contributed by atoms with van der Waals surface area (Å²) >= 11 is 0. The molecule has 2 aliphatic rings. The van der Waals surface area contributed by atoms with Crippen molar-refractivity contribution in [3.05, 3.63) is 0 Å². The predicted molar refractivity (Wildman–Crippen MR) is 50.4 cm³/mol. The number of quaternary nitrogens is 1. The number of urea groups is 1. The van der Waals surface area contributed by atoms with Crippen LogP contribution in [0.3, 0.4) is 0 Å². The SMILES string of the molecule is CC1(C2CCCCC2)[NH2+]C(=O)NC1=O.[Cl-].[Cl-]. The Balaban J connectivity index is 0.00000112. The summed E-state index contributed by atoms with van der Waals surface area (Å²) in [6.45, 7) is 1.89. The lowest BCUT2D eigenvalue weighted by atomic mass is 9.76. The Hall–Kier alpha value is -0.320. The Morgan fingerprint density at radius 3 is 2.19 bits per heavy atom. The van der Waals surface area contributed by atoms with Crippen molar-refractivity contribution in [2.75, 3.05) is 0 Å². The van der Waals surface area contributed by atoms with E-state index in [1.165, 1.54) is 19.3 Å². The van der Waals surface area contributed by atoms with Crippen molar-refractivity contribution < 1.29 is 39.7 Å². The van der Waals surface area contributed by atoms with Gasteiger partial charge in [0, 0.05) is 12.8 Å². The van der Waals surface area contributed by atoms with E-state index in [9.17, 15) is 9.59 Å². The van der Waals surface area contributed by atoms with E-state index in [-0.39, 0.29) is 36.8 Å². The van der Waals surface area contributed by atoms with Gasteiger partial charge < -0.3 is 24.8 Å². The standard InChI is InChI=1S/C10H16N2O2.2ClH/c1-10(7-5-3-2-4-6-7)8(13)11-9(14)12-10;;/h7H,2-6H2,1H3,(H2,11,12,13,14);2*1H/p-1. The van der Waals surface area contributed by atoms with Crippen LogP contribution in [0.1, 0.15) is 39.0 Å². The summed E-state index contributed by atoms with van der Waals surface area (Å²) in [6.07, 6.45) is 5.80. The average Bonchev–Trinajstić information content (AvgIpc) is 2.43. The summed E-state index contributed by atoms with van der Waals surface area (Å²) in [5, 5.41) is 3.95. The Morgan fingerprint density at radius 1 is 1.19 bits per heavy atom. The first kappa shape index (κ1) is 15.7. The number of amides is 3. The third-order valence-corrected chi connectivity index (χ3v) is 3.61. The molecule has 0 aromatic rings. The average molecular weight is 268 g/mol. The fourth-order valence-electron chi connectivity index (χ4n) is 2.63. The summed E-state index contributed by atoms with van der Waals surface area (Å²) in [4.78, 5) is 22.8. The largest absolute Gasteiger partial charge is 1.00 e. The molecule has 3 N–H and O–H groups in total. The van der Waals surface area contributed by atoms with Gasteiger partial charge in [-0.05, 0) is 12.8 Å². The molecule has 16 heavy (non-hydrogen) atoms. The highest BCUT2D eigenvalue weighted by molar-refractivity contribution is 6.00. The summed E-state index contributed by atoms with van der Waals surface area (Å²) < 4.78 is 0. The van der Waals surface area contributed by atoms with Crippen molar-refractivity contribution in [1.82, 2.24) is 5.32 Å². The van der Waals surface area contributed by atoms with Gasteiger partial charge in [-0.3, -0.25) is 4.79 Å². The second kappa shape index (κ2) is 5.84. The van der Waals surface area contributed by atoms with Crippen LogP contribution in [-0.2, 0) is 4.79 Å². The van der Waals surface area contributed by atoms with Gasteiger partial charge in [-0.15, -0.1) is 0 Å². The van der Waals surface area contributed by atoms with E-state index in [0.717, 1.165) is 12.8 Å². The summed E-state index contributed by atoms with van der Waals surface area (Å²) in [5.74, 6) is 0.261. The van der Waals surface area contributed by atoms with Gasteiger partial charge >= 0.3 is 6.03 Å². The van der Waals surface area contributed by atoms with Crippen LogP contribution < -0.4 is 35.4 Å². The molecule has 4 nitrogen and oxygen atoms in total.